The number of benzene rings is 1. The zero-order chi connectivity index (χ0) is 16.5. The molecule has 8 heteroatoms. The molecule has 0 saturated carbocycles. The van der Waals surface area contributed by atoms with E-state index in [-0.39, 0.29) is 0 Å². The number of H-pyrrole nitrogens is 1. The summed E-state index contributed by atoms with van der Waals surface area (Å²) in [5, 5.41) is 10.9. The average molecular weight is 401 g/mol. The predicted molar refractivity (Wildman–Crippen MR) is 99.6 cm³/mol. The molecule has 0 bridgehead atoms. The minimum absolute atomic E-state index is 0.556. The third kappa shape index (κ3) is 2.67. The molecule has 0 atom stereocenters. The minimum Gasteiger partial charge on any atom is -0.308 e. The fourth-order valence-corrected chi connectivity index (χ4v) is 3.99. The number of hydrogen-bond acceptors (Lipinski definition) is 6. The van der Waals surface area contributed by atoms with E-state index in [0.29, 0.717) is 5.95 Å². The maximum atomic E-state index is 4.46. The first kappa shape index (κ1) is 15.2. The van der Waals surface area contributed by atoms with Gasteiger partial charge in [0.05, 0.1) is 5.39 Å². The summed E-state index contributed by atoms with van der Waals surface area (Å²) in [4.78, 5) is 15.2. The van der Waals surface area contributed by atoms with Crippen LogP contribution in [0.1, 0.15) is 11.8 Å². The molecule has 24 heavy (non-hydrogen) atoms. The Balaban J connectivity index is 1.94. The maximum Gasteiger partial charge on any atom is 0.224 e. The summed E-state index contributed by atoms with van der Waals surface area (Å²) >= 11 is 5.20. The highest BCUT2D eigenvalue weighted by Gasteiger charge is 2.18. The molecule has 0 fully saturated rings. The Morgan fingerprint density at radius 3 is 2.67 bits per heavy atom. The van der Waals surface area contributed by atoms with Crippen LogP contribution in [0.4, 0.5) is 11.8 Å². The van der Waals surface area contributed by atoms with Gasteiger partial charge in [-0.2, -0.15) is 10.1 Å². The quantitative estimate of drug-likeness (QED) is 0.525. The molecule has 0 unspecified atom stereocenters. The van der Waals surface area contributed by atoms with E-state index in [2.05, 4.69) is 65.5 Å². The Kier molecular flexibility index (Phi) is 3.99. The van der Waals surface area contributed by atoms with Crippen molar-refractivity contribution in [1.82, 2.24) is 25.1 Å². The van der Waals surface area contributed by atoms with Crippen LogP contribution in [0.3, 0.4) is 0 Å². The van der Waals surface area contributed by atoms with Gasteiger partial charge in [-0.15, -0.1) is 11.3 Å². The molecule has 120 valence electrons. The Morgan fingerprint density at radius 2 is 1.96 bits per heavy atom. The summed E-state index contributed by atoms with van der Waals surface area (Å²) < 4.78 is 1.06. The van der Waals surface area contributed by atoms with Crippen LogP contribution in [0.15, 0.2) is 41.4 Å². The number of anilines is 2. The van der Waals surface area contributed by atoms with Crippen molar-refractivity contribution in [3.8, 4) is 11.1 Å². The van der Waals surface area contributed by atoms with Gasteiger partial charge < -0.3 is 5.32 Å². The molecule has 0 radical (unpaired) electrons. The second kappa shape index (κ2) is 6.29. The SMILES string of the molecule is CCc1sc2ncnc(Nc3ncn[nH]3)c2c1-c1ccc(Br)cc1. The normalized spacial score (nSPS) is 11.1. The number of hydrogen-bond donors (Lipinski definition) is 2. The van der Waals surface area contributed by atoms with E-state index in [4.69, 9.17) is 0 Å². The van der Waals surface area contributed by atoms with Crippen molar-refractivity contribution < 1.29 is 0 Å². The van der Waals surface area contributed by atoms with Crippen LogP contribution >= 0.6 is 27.3 Å². The van der Waals surface area contributed by atoms with E-state index in [1.54, 1.807) is 17.7 Å². The molecule has 0 aliphatic carbocycles. The molecule has 0 aliphatic heterocycles. The van der Waals surface area contributed by atoms with Crippen molar-refractivity contribution in [2.45, 2.75) is 13.3 Å². The molecule has 0 amide bonds. The van der Waals surface area contributed by atoms with Gasteiger partial charge in [-0.1, -0.05) is 35.0 Å². The molecule has 3 heterocycles. The fraction of sp³-hybridized carbons (Fsp3) is 0.125. The Labute approximate surface area is 150 Å². The van der Waals surface area contributed by atoms with E-state index in [0.717, 1.165) is 32.5 Å². The Hall–Kier alpha value is -2.32. The number of nitrogens with zero attached hydrogens (tertiary/aromatic N) is 4. The molecule has 0 spiro atoms. The van der Waals surface area contributed by atoms with E-state index >= 15 is 0 Å². The Bertz CT molecular complexity index is 978. The fourth-order valence-electron chi connectivity index (χ4n) is 2.62. The van der Waals surface area contributed by atoms with Crippen LogP contribution in [-0.4, -0.2) is 25.1 Å². The van der Waals surface area contributed by atoms with Gasteiger partial charge in [0.1, 0.15) is 23.3 Å². The third-order valence-electron chi connectivity index (χ3n) is 3.67. The summed E-state index contributed by atoms with van der Waals surface area (Å²) in [6.07, 6.45) is 3.97. The van der Waals surface area contributed by atoms with Crippen molar-refractivity contribution in [2.75, 3.05) is 5.32 Å². The number of halogens is 1. The molecular weight excluding hydrogens is 388 g/mol. The summed E-state index contributed by atoms with van der Waals surface area (Å²) in [6.45, 7) is 2.16. The van der Waals surface area contributed by atoms with Crippen LogP contribution in [0.2, 0.25) is 0 Å². The Morgan fingerprint density at radius 1 is 1.12 bits per heavy atom. The topological polar surface area (TPSA) is 79.4 Å². The lowest BCUT2D eigenvalue weighted by molar-refractivity contribution is 1.09. The lowest BCUT2D eigenvalue weighted by Crippen LogP contribution is -1.97. The van der Waals surface area contributed by atoms with Crippen molar-refractivity contribution in [1.29, 1.82) is 0 Å². The summed E-state index contributed by atoms with van der Waals surface area (Å²) in [6, 6.07) is 8.31. The first-order valence-electron chi connectivity index (χ1n) is 7.41. The zero-order valence-corrected chi connectivity index (χ0v) is 15.1. The molecular formula is C16H13BrN6S. The standard InChI is InChI=1S/C16H13BrN6S/c1-2-11-12(9-3-5-10(17)6-4-9)13-14(18-7-19-15(13)24-11)22-16-20-8-21-23-16/h3-8H,2H2,1H3,(H2,18,19,20,21,22,23). The van der Waals surface area contributed by atoms with Crippen molar-refractivity contribution in [3.63, 3.8) is 0 Å². The van der Waals surface area contributed by atoms with Gasteiger partial charge in [0.15, 0.2) is 0 Å². The highest BCUT2D eigenvalue weighted by molar-refractivity contribution is 9.10. The van der Waals surface area contributed by atoms with E-state index in [1.165, 1.54) is 16.8 Å². The van der Waals surface area contributed by atoms with Gasteiger partial charge in [-0.25, -0.2) is 15.1 Å². The van der Waals surface area contributed by atoms with Crippen LogP contribution in [0.25, 0.3) is 21.3 Å². The minimum atomic E-state index is 0.556. The molecule has 0 aliphatic rings. The van der Waals surface area contributed by atoms with Gasteiger partial charge in [0.25, 0.3) is 0 Å². The number of aryl methyl sites for hydroxylation is 1. The van der Waals surface area contributed by atoms with Gasteiger partial charge in [-0.3, -0.25) is 0 Å². The molecule has 6 nitrogen and oxygen atoms in total. The average Bonchev–Trinajstić information content (AvgIpc) is 3.23. The second-order valence-electron chi connectivity index (χ2n) is 5.12. The largest absolute Gasteiger partial charge is 0.308 e. The number of aromatic nitrogens is 5. The summed E-state index contributed by atoms with van der Waals surface area (Å²) in [5.41, 5.74) is 2.32. The van der Waals surface area contributed by atoms with Gasteiger partial charge in [0, 0.05) is 14.9 Å². The molecule has 3 aromatic heterocycles. The molecule has 2 N–H and O–H groups in total. The van der Waals surface area contributed by atoms with Gasteiger partial charge in [0.2, 0.25) is 5.95 Å². The lowest BCUT2D eigenvalue weighted by atomic mass is 10.0. The molecule has 4 rings (SSSR count). The summed E-state index contributed by atoms with van der Waals surface area (Å²) in [5.74, 6) is 1.28. The third-order valence-corrected chi connectivity index (χ3v) is 5.44. The van der Waals surface area contributed by atoms with Crippen LogP contribution < -0.4 is 5.32 Å². The number of aromatic amines is 1. The number of fused-ring (bicyclic) bond motifs is 1. The first-order valence-corrected chi connectivity index (χ1v) is 9.02. The highest BCUT2D eigenvalue weighted by atomic mass is 79.9. The number of nitrogens with one attached hydrogen (secondary N) is 2. The van der Waals surface area contributed by atoms with Gasteiger partial charge >= 0.3 is 0 Å². The van der Waals surface area contributed by atoms with Crippen molar-refractivity contribution in [2.24, 2.45) is 0 Å². The van der Waals surface area contributed by atoms with Crippen LogP contribution in [0.5, 0.6) is 0 Å². The highest BCUT2D eigenvalue weighted by Crippen LogP contribution is 2.41. The lowest BCUT2D eigenvalue weighted by Gasteiger charge is -2.07. The maximum absolute atomic E-state index is 4.46. The predicted octanol–water partition coefficient (Wildman–Crippen LogP) is 4.54. The van der Waals surface area contributed by atoms with E-state index in [1.807, 2.05) is 12.1 Å². The summed E-state index contributed by atoms with van der Waals surface area (Å²) in [7, 11) is 0. The number of rotatable bonds is 4. The zero-order valence-electron chi connectivity index (χ0n) is 12.7. The van der Waals surface area contributed by atoms with Crippen molar-refractivity contribution >= 4 is 49.2 Å². The van der Waals surface area contributed by atoms with E-state index in [9.17, 15) is 0 Å². The second-order valence-corrected chi connectivity index (χ2v) is 7.12. The van der Waals surface area contributed by atoms with Crippen LogP contribution in [0, 0.1) is 0 Å². The molecule has 0 saturated heterocycles. The van der Waals surface area contributed by atoms with Crippen molar-refractivity contribution in [3.05, 3.63) is 46.3 Å². The first-order chi connectivity index (χ1) is 11.8. The molecule has 4 aromatic rings. The smallest absolute Gasteiger partial charge is 0.224 e. The molecule has 1 aromatic carbocycles. The number of thiophene rings is 1. The van der Waals surface area contributed by atoms with Gasteiger partial charge in [-0.05, 0) is 24.1 Å². The van der Waals surface area contributed by atoms with E-state index < -0.39 is 0 Å². The van der Waals surface area contributed by atoms with Crippen LogP contribution in [-0.2, 0) is 6.42 Å². The monoisotopic (exact) mass is 400 g/mol.